The third-order valence-electron chi connectivity index (χ3n) is 3.61. The predicted molar refractivity (Wildman–Crippen MR) is 69.7 cm³/mol. The Morgan fingerprint density at radius 2 is 2.18 bits per heavy atom. The summed E-state index contributed by atoms with van der Waals surface area (Å²) in [5.41, 5.74) is 6.38. The van der Waals surface area contributed by atoms with Crippen LogP contribution in [0.15, 0.2) is 12.4 Å². The summed E-state index contributed by atoms with van der Waals surface area (Å²) in [5.74, 6) is 0.743. The van der Waals surface area contributed by atoms with Crippen LogP contribution in [0.3, 0.4) is 0 Å². The van der Waals surface area contributed by atoms with Crippen LogP contribution in [0.25, 0.3) is 0 Å². The minimum atomic E-state index is 0.678. The molecule has 1 aromatic rings. The third kappa shape index (κ3) is 2.98. The zero-order valence-electron chi connectivity index (χ0n) is 11.0. The van der Waals surface area contributed by atoms with Gasteiger partial charge in [-0.3, -0.25) is 9.58 Å². The van der Waals surface area contributed by atoms with Gasteiger partial charge in [0.25, 0.3) is 0 Å². The Labute approximate surface area is 103 Å². The molecule has 0 aromatic carbocycles. The zero-order chi connectivity index (χ0) is 12.4. The first kappa shape index (κ1) is 12.4. The highest BCUT2D eigenvalue weighted by Gasteiger charge is 2.30. The van der Waals surface area contributed by atoms with E-state index in [1.165, 1.54) is 6.54 Å². The van der Waals surface area contributed by atoms with Gasteiger partial charge in [0.15, 0.2) is 0 Å². The number of likely N-dealkylation sites (N-methyl/N-ethyl adjacent to an activating group) is 1. The second-order valence-electron chi connectivity index (χ2n) is 5.30. The fourth-order valence-electron chi connectivity index (χ4n) is 2.65. The molecule has 1 aliphatic heterocycles. The van der Waals surface area contributed by atoms with E-state index in [9.17, 15) is 0 Å². The monoisotopic (exact) mass is 237 g/mol. The summed E-state index contributed by atoms with van der Waals surface area (Å²) in [6, 6.07) is 0.678. The highest BCUT2D eigenvalue weighted by molar-refractivity contribution is 5.30. The van der Waals surface area contributed by atoms with E-state index in [0.717, 1.165) is 31.2 Å². The molecule has 1 aromatic heterocycles. The Balaban J connectivity index is 1.81. The number of rotatable bonds is 4. The molecule has 0 aliphatic carbocycles. The first-order valence-corrected chi connectivity index (χ1v) is 6.23. The lowest BCUT2D eigenvalue weighted by molar-refractivity contribution is 0.249. The van der Waals surface area contributed by atoms with E-state index >= 15 is 0 Å². The smallest absolute Gasteiger partial charge is 0.0719 e. The number of hydrogen-bond donors (Lipinski definition) is 1. The van der Waals surface area contributed by atoms with Crippen molar-refractivity contribution in [1.29, 1.82) is 0 Å². The molecular formula is C12H23N5. The molecular weight excluding hydrogens is 214 g/mol. The van der Waals surface area contributed by atoms with E-state index in [4.69, 9.17) is 5.73 Å². The average Bonchev–Trinajstić information content (AvgIpc) is 2.82. The van der Waals surface area contributed by atoms with Gasteiger partial charge in [-0.05, 0) is 20.0 Å². The van der Waals surface area contributed by atoms with Crippen LogP contribution in [-0.4, -0.2) is 59.4 Å². The van der Waals surface area contributed by atoms with Gasteiger partial charge in [0.2, 0.25) is 0 Å². The van der Waals surface area contributed by atoms with Crippen molar-refractivity contribution in [3.63, 3.8) is 0 Å². The lowest BCUT2D eigenvalue weighted by Crippen LogP contribution is -2.34. The van der Waals surface area contributed by atoms with E-state index in [2.05, 4.69) is 35.9 Å². The van der Waals surface area contributed by atoms with E-state index in [1.54, 1.807) is 6.20 Å². The molecule has 0 amide bonds. The van der Waals surface area contributed by atoms with Crippen molar-refractivity contribution in [2.75, 3.05) is 39.5 Å². The lowest BCUT2D eigenvalue weighted by Gasteiger charge is -2.22. The second kappa shape index (κ2) is 5.06. The van der Waals surface area contributed by atoms with Crippen LogP contribution in [-0.2, 0) is 6.54 Å². The van der Waals surface area contributed by atoms with Crippen molar-refractivity contribution in [3.05, 3.63) is 12.4 Å². The van der Waals surface area contributed by atoms with Gasteiger partial charge in [0.05, 0.1) is 18.4 Å². The van der Waals surface area contributed by atoms with Gasteiger partial charge in [0.1, 0.15) is 0 Å². The van der Waals surface area contributed by atoms with Crippen LogP contribution >= 0.6 is 0 Å². The summed E-state index contributed by atoms with van der Waals surface area (Å²) in [6.45, 7) is 6.64. The van der Waals surface area contributed by atoms with Gasteiger partial charge >= 0.3 is 0 Å². The fraction of sp³-hybridized carbons (Fsp3) is 0.750. The Morgan fingerprint density at radius 3 is 2.71 bits per heavy atom. The molecule has 1 saturated heterocycles. The first-order chi connectivity index (χ1) is 8.06. The summed E-state index contributed by atoms with van der Waals surface area (Å²) < 4.78 is 1.92. The number of nitrogens with two attached hydrogens (primary N) is 1. The molecule has 2 N–H and O–H groups in total. The van der Waals surface area contributed by atoms with Gasteiger partial charge in [-0.2, -0.15) is 5.10 Å². The van der Waals surface area contributed by atoms with E-state index in [0.29, 0.717) is 6.04 Å². The molecule has 0 bridgehead atoms. The van der Waals surface area contributed by atoms with Crippen LogP contribution in [0.5, 0.6) is 0 Å². The standard InChI is InChI=1S/C12H23N5/c1-10-7-16(9-12(10)15(2)3)4-5-17-8-11(13)6-14-17/h6,8,10,12H,4-5,7,9,13H2,1-3H3. The Morgan fingerprint density at radius 1 is 1.41 bits per heavy atom. The number of likely N-dealkylation sites (tertiary alicyclic amines) is 1. The molecule has 2 unspecified atom stereocenters. The molecule has 5 nitrogen and oxygen atoms in total. The molecule has 2 atom stereocenters. The summed E-state index contributed by atoms with van der Waals surface area (Å²) in [5, 5.41) is 4.20. The van der Waals surface area contributed by atoms with Crippen molar-refractivity contribution in [3.8, 4) is 0 Å². The molecule has 0 saturated carbocycles. The quantitative estimate of drug-likeness (QED) is 0.821. The van der Waals surface area contributed by atoms with Crippen LogP contribution in [0.2, 0.25) is 0 Å². The number of anilines is 1. The zero-order valence-corrected chi connectivity index (χ0v) is 11.0. The molecule has 0 spiro atoms. The van der Waals surface area contributed by atoms with Crippen LogP contribution < -0.4 is 5.73 Å². The number of hydrogen-bond acceptors (Lipinski definition) is 4. The number of aromatic nitrogens is 2. The Bertz CT molecular complexity index is 360. The van der Waals surface area contributed by atoms with Crippen molar-refractivity contribution >= 4 is 5.69 Å². The lowest BCUT2D eigenvalue weighted by atomic mass is 10.1. The van der Waals surface area contributed by atoms with Gasteiger partial charge in [0, 0.05) is 31.9 Å². The molecule has 2 rings (SSSR count). The van der Waals surface area contributed by atoms with Gasteiger partial charge in [-0.25, -0.2) is 0 Å². The summed E-state index contributed by atoms with van der Waals surface area (Å²) in [4.78, 5) is 4.84. The first-order valence-electron chi connectivity index (χ1n) is 6.23. The summed E-state index contributed by atoms with van der Waals surface area (Å²) in [6.07, 6.45) is 3.60. The molecule has 96 valence electrons. The third-order valence-corrected chi connectivity index (χ3v) is 3.61. The Hall–Kier alpha value is -1.07. The fourth-order valence-corrected chi connectivity index (χ4v) is 2.65. The van der Waals surface area contributed by atoms with Gasteiger partial charge in [-0.15, -0.1) is 0 Å². The average molecular weight is 237 g/mol. The maximum atomic E-state index is 5.64. The highest BCUT2D eigenvalue weighted by atomic mass is 15.3. The van der Waals surface area contributed by atoms with Crippen LogP contribution in [0.1, 0.15) is 6.92 Å². The molecule has 17 heavy (non-hydrogen) atoms. The second-order valence-corrected chi connectivity index (χ2v) is 5.30. The SMILES string of the molecule is CC1CN(CCn2cc(N)cn2)CC1N(C)C. The predicted octanol–water partition coefficient (Wildman–Crippen LogP) is 0.347. The number of nitrogens with zero attached hydrogens (tertiary/aromatic N) is 4. The van der Waals surface area contributed by atoms with Crippen molar-refractivity contribution in [1.82, 2.24) is 19.6 Å². The summed E-state index contributed by atoms with van der Waals surface area (Å²) in [7, 11) is 4.33. The van der Waals surface area contributed by atoms with Crippen molar-refractivity contribution in [2.24, 2.45) is 5.92 Å². The van der Waals surface area contributed by atoms with Crippen molar-refractivity contribution in [2.45, 2.75) is 19.5 Å². The van der Waals surface area contributed by atoms with E-state index in [1.807, 2.05) is 10.9 Å². The molecule has 5 heteroatoms. The van der Waals surface area contributed by atoms with Crippen LogP contribution in [0, 0.1) is 5.92 Å². The van der Waals surface area contributed by atoms with E-state index < -0.39 is 0 Å². The van der Waals surface area contributed by atoms with Gasteiger partial charge < -0.3 is 10.6 Å². The Kier molecular flexibility index (Phi) is 3.69. The molecule has 1 aliphatic rings. The highest BCUT2D eigenvalue weighted by Crippen LogP contribution is 2.19. The maximum absolute atomic E-state index is 5.64. The largest absolute Gasteiger partial charge is 0.396 e. The van der Waals surface area contributed by atoms with E-state index in [-0.39, 0.29) is 0 Å². The molecule has 2 heterocycles. The number of nitrogen functional groups attached to an aromatic ring is 1. The maximum Gasteiger partial charge on any atom is 0.0719 e. The minimum Gasteiger partial charge on any atom is -0.396 e. The van der Waals surface area contributed by atoms with Crippen LogP contribution in [0.4, 0.5) is 5.69 Å². The summed E-state index contributed by atoms with van der Waals surface area (Å²) >= 11 is 0. The normalized spacial score (nSPS) is 25.9. The topological polar surface area (TPSA) is 50.3 Å². The molecule has 1 fully saturated rings. The molecule has 0 radical (unpaired) electrons. The minimum absolute atomic E-state index is 0.678. The van der Waals surface area contributed by atoms with Crippen molar-refractivity contribution < 1.29 is 0 Å². The van der Waals surface area contributed by atoms with Gasteiger partial charge in [-0.1, -0.05) is 6.92 Å².